The van der Waals surface area contributed by atoms with E-state index in [0.29, 0.717) is 23.8 Å². The van der Waals surface area contributed by atoms with E-state index in [-0.39, 0.29) is 10.6 Å². The van der Waals surface area contributed by atoms with Crippen molar-refractivity contribution >= 4 is 11.5 Å². The minimum absolute atomic E-state index is 0.121. The van der Waals surface area contributed by atoms with Crippen LogP contribution in [0.5, 0.6) is 0 Å². The van der Waals surface area contributed by atoms with E-state index < -0.39 is 0 Å². The summed E-state index contributed by atoms with van der Waals surface area (Å²) in [6.45, 7) is 7.56. The van der Waals surface area contributed by atoms with Gasteiger partial charge >= 0.3 is 5.69 Å². The Labute approximate surface area is 131 Å². The van der Waals surface area contributed by atoms with Gasteiger partial charge in [-0.1, -0.05) is 13.8 Å². The average Bonchev–Trinajstić information content (AvgIpc) is 3.16. The van der Waals surface area contributed by atoms with E-state index in [0.717, 1.165) is 26.1 Å². The molecule has 0 aromatic carbocycles. The molecule has 0 saturated carbocycles. The number of anilines is 1. The van der Waals surface area contributed by atoms with Crippen LogP contribution in [0.4, 0.5) is 11.5 Å². The molecule has 3 rings (SSSR count). The molecule has 6 nitrogen and oxygen atoms in total. The second kappa shape index (κ2) is 6.20. The number of likely N-dealkylation sites (tertiary alicyclic amines) is 1. The Hall–Kier alpha value is -1.69. The van der Waals surface area contributed by atoms with Crippen molar-refractivity contribution in [1.82, 2.24) is 9.88 Å². The predicted octanol–water partition coefficient (Wildman–Crippen LogP) is 2.69. The highest BCUT2D eigenvalue weighted by Crippen LogP contribution is 2.36. The topological polar surface area (TPSA) is 62.5 Å². The summed E-state index contributed by atoms with van der Waals surface area (Å²) in [6, 6.07) is 4.01. The van der Waals surface area contributed by atoms with Crippen molar-refractivity contribution in [2.75, 3.05) is 24.5 Å². The van der Waals surface area contributed by atoms with Gasteiger partial charge in [-0.05, 0) is 44.3 Å². The smallest absolute Gasteiger partial charge is 0.311 e. The highest BCUT2D eigenvalue weighted by Gasteiger charge is 2.40. The summed E-state index contributed by atoms with van der Waals surface area (Å²) in [4.78, 5) is 20.1. The number of hydrogen-bond acceptors (Lipinski definition) is 5. The standard InChI is InChI=1S/C16H24N4O2/c1-12(2)15-10-13(18-8-3-4-9-18)11-19(15)16-14(20(21)22)6-5-7-17-16/h5-7,12-13,15H,3-4,8-11H2,1-2H3. The Morgan fingerprint density at radius 2 is 2.09 bits per heavy atom. The maximum Gasteiger partial charge on any atom is 0.311 e. The number of rotatable bonds is 4. The van der Waals surface area contributed by atoms with Crippen LogP contribution in [-0.4, -0.2) is 46.5 Å². The summed E-state index contributed by atoms with van der Waals surface area (Å²) in [5.41, 5.74) is 0.121. The first-order valence-electron chi connectivity index (χ1n) is 8.18. The largest absolute Gasteiger partial charge is 0.346 e. The zero-order valence-electron chi connectivity index (χ0n) is 13.3. The van der Waals surface area contributed by atoms with E-state index in [1.165, 1.54) is 12.8 Å². The molecule has 1 aromatic rings. The van der Waals surface area contributed by atoms with Crippen LogP contribution >= 0.6 is 0 Å². The van der Waals surface area contributed by atoms with Gasteiger partial charge in [0.25, 0.3) is 0 Å². The van der Waals surface area contributed by atoms with Gasteiger partial charge in [0.05, 0.1) is 4.92 Å². The van der Waals surface area contributed by atoms with Crippen molar-refractivity contribution in [3.63, 3.8) is 0 Å². The Bertz CT molecular complexity index is 543. The molecule has 2 aliphatic heterocycles. The summed E-state index contributed by atoms with van der Waals surface area (Å²) in [6.07, 6.45) is 5.27. The number of hydrogen-bond donors (Lipinski definition) is 0. The molecule has 2 atom stereocenters. The lowest BCUT2D eigenvalue weighted by Gasteiger charge is -2.28. The van der Waals surface area contributed by atoms with Gasteiger partial charge in [-0.2, -0.15) is 0 Å². The second-order valence-corrected chi connectivity index (χ2v) is 6.70. The van der Waals surface area contributed by atoms with Gasteiger partial charge in [0, 0.05) is 30.9 Å². The van der Waals surface area contributed by atoms with Gasteiger partial charge in [-0.15, -0.1) is 0 Å². The van der Waals surface area contributed by atoms with Crippen LogP contribution in [0.1, 0.15) is 33.1 Å². The molecule has 0 N–H and O–H groups in total. The second-order valence-electron chi connectivity index (χ2n) is 6.70. The van der Waals surface area contributed by atoms with Crippen LogP contribution in [-0.2, 0) is 0 Å². The van der Waals surface area contributed by atoms with Crippen LogP contribution in [0.3, 0.4) is 0 Å². The number of nitro groups is 1. The fourth-order valence-corrected chi connectivity index (χ4v) is 3.84. The maximum absolute atomic E-state index is 11.3. The van der Waals surface area contributed by atoms with Gasteiger partial charge in [0.1, 0.15) is 0 Å². The van der Waals surface area contributed by atoms with Crippen LogP contribution in [0, 0.1) is 16.0 Å². The Morgan fingerprint density at radius 1 is 1.36 bits per heavy atom. The van der Waals surface area contributed by atoms with Gasteiger partial charge < -0.3 is 4.90 Å². The summed E-state index contributed by atoms with van der Waals surface area (Å²) < 4.78 is 0. The van der Waals surface area contributed by atoms with Crippen LogP contribution in [0.15, 0.2) is 18.3 Å². The van der Waals surface area contributed by atoms with Crippen molar-refractivity contribution in [3.8, 4) is 0 Å². The SMILES string of the molecule is CC(C)C1CC(N2CCCC2)CN1c1ncccc1[N+](=O)[O-]. The quantitative estimate of drug-likeness (QED) is 0.632. The van der Waals surface area contributed by atoms with Crippen molar-refractivity contribution in [2.45, 2.75) is 45.2 Å². The summed E-state index contributed by atoms with van der Waals surface area (Å²) in [5.74, 6) is 0.988. The maximum atomic E-state index is 11.3. The van der Waals surface area contributed by atoms with Crippen molar-refractivity contribution in [1.29, 1.82) is 0 Å². The summed E-state index contributed by atoms with van der Waals surface area (Å²) in [5, 5.41) is 11.3. The van der Waals surface area contributed by atoms with E-state index in [9.17, 15) is 10.1 Å². The molecule has 120 valence electrons. The molecule has 0 spiro atoms. The lowest BCUT2D eigenvalue weighted by atomic mass is 10.00. The highest BCUT2D eigenvalue weighted by atomic mass is 16.6. The number of aromatic nitrogens is 1. The van der Waals surface area contributed by atoms with Crippen molar-refractivity contribution in [3.05, 3.63) is 28.4 Å². The molecule has 1 aromatic heterocycles. The van der Waals surface area contributed by atoms with Crippen molar-refractivity contribution in [2.24, 2.45) is 5.92 Å². The summed E-state index contributed by atoms with van der Waals surface area (Å²) >= 11 is 0. The predicted molar refractivity (Wildman–Crippen MR) is 86.1 cm³/mol. The summed E-state index contributed by atoms with van der Waals surface area (Å²) in [7, 11) is 0. The van der Waals surface area contributed by atoms with Gasteiger partial charge in [0.15, 0.2) is 0 Å². The zero-order chi connectivity index (χ0) is 15.7. The van der Waals surface area contributed by atoms with Crippen LogP contribution < -0.4 is 4.90 Å². The first kappa shape index (κ1) is 15.2. The molecular formula is C16H24N4O2. The minimum atomic E-state index is -0.317. The highest BCUT2D eigenvalue weighted by molar-refractivity contribution is 5.59. The molecule has 2 aliphatic rings. The Morgan fingerprint density at radius 3 is 2.73 bits per heavy atom. The van der Waals surface area contributed by atoms with E-state index in [4.69, 9.17) is 0 Å². The fourth-order valence-electron chi connectivity index (χ4n) is 3.84. The van der Waals surface area contributed by atoms with Crippen LogP contribution in [0.25, 0.3) is 0 Å². The normalized spacial score (nSPS) is 26.0. The first-order chi connectivity index (χ1) is 10.6. The van der Waals surface area contributed by atoms with E-state index in [1.807, 2.05) is 0 Å². The molecule has 0 bridgehead atoms. The number of nitrogens with zero attached hydrogens (tertiary/aromatic N) is 4. The lowest BCUT2D eigenvalue weighted by Crippen LogP contribution is -2.36. The molecule has 0 amide bonds. The molecule has 2 fully saturated rings. The lowest BCUT2D eigenvalue weighted by molar-refractivity contribution is -0.384. The van der Waals surface area contributed by atoms with E-state index in [1.54, 1.807) is 18.3 Å². The first-order valence-corrected chi connectivity index (χ1v) is 8.18. The van der Waals surface area contributed by atoms with E-state index in [2.05, 4.69) is 28.6 Å². The third kappa shape index (κ3) is 2.79. The number of pyridine rings is 1. The molecule has 3 heterocycles. The van der Waals surface area contributed by atoms with Gasteiger partial charge in [-0.25, -0.2) is 4.98 Å². The van der Waals surface area contributed by atoms with Crippen LogP contribution in [0.2, 0.25) is 0 Å². The molecule has 6 heteroatoms. The van der Waals surface area contributed by atoms with Gasteiger partial charge in [0.2, 0.25) is 5.82 Å². The zero-order valence-corrected chi connectivity index (χ0v) is 13.3. The molecular weight excluding hydrogens is 280 g/mol. The fraction of sp³-hybridized carbons (Fsp3) is 0.688. The monoisotopic (exact) mass is 304 g/mol. The Balaban J connectivity index is 1.89. The minimum Gasteiger partial charge on any atom is -0.346 e. The average molecular weight is 304 g/mol. The molecule has 0 aliphatic carbocycles. The third-order valence-corrected chi connectivity index (χ3v) is 4.98. The Kier molecular flexibility index (Phi) is 4.29. The molecule has 2 unspecified atom stereocenters. The van der Waals surface area contributed by atoms with Gasteiger partial charge in [-0.3, -0.25) is 15.0 Å². The molecule has 22 heavy (non-hydrogen) atoms. The van der Waals surface area contributed by atoms with Crippen molar-refractivity contribution < 1.29 is 4.92 Å². The third-order valence-electron chi connectivity index (χ3n) is 4.98. The van der Waals surface area contributed by atoms with E-state index >= 15 is 0 Å². The molecule has 0 radical (unpaired) electrons. The molecule has 2 saturated heterocycles.